The van der Waals surface area contributed by atoms with Gasteiger partial charge in [-0.05, 0) is 18.9 Å². The van der Waals surface area contributed by atoms with Crippen molar-refractivity contribution in [1.82, 2.24) is 0 Å². The van der Waals surface area contributed by atoms with Crippen molar-refractivity contribution in [3.8, 4) is 0 Å². The van der Waals surface area contributed by atoms with E-state index in [-0.39, 0.29) is 0 Å². The van der Waals surface area contributed by atoms with E-state index in [0.717, 1.165) is 6.42 Å². The summed E-state index contributed by atoms with van der Waals surface area (Å²) >= 11 is 0. The van der Waals surface area contributed by atoms with E-state index in [1.165, 1.54) is 0 Å². The monoisotopic (exact) mass is 144 g/mol. The van der Waals surface area contributed by atoms with E-state index in [1.807, 2.05) is 6.92 Å². The number of carboxylic acid groups (broad SMARTS) is 1. The van der Waals surface area contributed by atoms with Gasteiger partial charge >= 0.3 is 5.97 Å². The van der Waals surface area contributed by atoms with Crippen LogP contribution in [0.25, 0.3) is 0 Å². The molecule has 0 aliphatic carbocycles. The van der Waals surface area contributed by atoms with Crippen LogP contribution < -0.4 is 0 Å². The van der Waals surface area contributed by atoms with Crippen molar-refractivity contribution < 1.29 is 15.0 Å². The highest BCUT2D eigenvalue weighted by atomic mass is 16.4. The summed E-state index contributed by atoms with van der Waals surface area (Å²) in [5.41, 5.74) is 0.537. The summed E-state index contributed by atoms with van der Waals surface area (Å²) in [4.78, 5) is 10.1. The molecule has 0 aliphatic rings. The molecule has 10 heavy (non-hydrogen) atoms. The Balaban J connectivity index is 4.19. The molecule has 0 aromatic rings. The molecule has 0 radical (unpaired) electrons. The van der Waals surface area contributed by atoms with Gasteiger partial charge in [0.15, 0.2) is 0 Å². The molecule has 0 saturated heterocycles. The van der Waals surface area contributed by atoms with Gasteiger partial charge in [-0.3, -0.25) is 0 Å². The first-order chi connectivity index (χ1) is 4.59. The highest BCUT2D eigenvalue weighted by Crippen LogP contribution is 2.07. The SMILES string of the molecule is CCCC(C)=C(O)C(=O)O. The fraction of sp³-hybridized carbons (Fsp3) is 0.571. The lowest BCUT2D eigenvalue weighted by Crippen LogP contribution is -2.01. The van der Waals surface area contributed by atoms with E-state index in [9.17, 15) is 4.79 Å². The highest BCUT2D eigenvalue weighted by Gasteiger charge is 2.06. The Labute approximate surface area is 60.0 Å². The lowest BCUT2D eigenvalue weighted by Gasteiger charge is -1.98. The molecular weight excluding hydrogens is 132 g/mol. The van der Waals surface area contributed by atoms with Gasteiger partial charge in [0.25, 0.3) is 0 Å². The molecule has 0 aliphatic heterocycles. The molecule has 0 saturated carbocycles. The Bertz CT molecular complexity index is 158. The summed E-state index contributed by atoms with van der Waals surface area (Å²) in [5.74, 6) is -1.76. The Morgan fingerprint density at radius 1 is 1.40 bits per heavy atom. The molecule has 3 nitrogen and oxygen atoms in total. The van der Waals surface area contributed by atoms with Gasteiger partial charge in [-0.25, -0.2) is 4.79 Å². The number of hydrogen-bond acceptors (Lipinski definition) is 2. The second kappa shape index (κ2) is 3.93. The molecule has 0 spiro atoms. The first kappa shape index (κ1) is 9.01. The lowest BCUT2D eigenvalue weighted by atomic mass is 10.1. The van der Waals surface area contributed by atoms with Gasteiger partial charge in [0.1, 0.15) is 0 Å². The van der Waals surface area contributed by atoms with Crippen molar-refractivity contribution in [3.05, 3.63) is 11.3 Å². The van der Waals surface area contributed by atoms with Gasteiger partial charge in [-0.1, -0.05) is 13.3 Å². The molecule has 0 aromatic heterocycles. The summed E-state index contributed by atoms with van der Waals surface area (Å²) in [6, 6.07) is 0. The zero-order chi connectivity index (χ0) is 8.15. The Morgan fingerprint density at radius 2 is 1.90 bits per heavy atom. The third kappa shape index (κ3) is 2.53. The van der Waals surface area contributed by atoms with E-state index >= 15 is 0 Å². The minimum Gasteiger partial charge on any atom is -0.502 e. The van der Waals surface area contributed by atoms with Crippen LogP contribution in [0.3, 0.4) is 0 Å². The average Bonchev–Trinajstić information content (AvgIpc) is 1.87. The number of aliphatic carboxylic acids is 1. The van der Waals surface area contributed by atoms with Crippen molar-refractivity contribution in [3.63, 3.8) is 0 Å². The van der Waals surface area contributed by atoms with E-state index in [0.29, 0.717) is 12.0 Å². The predicted molar refractivity (Wildman–Crippen MR) is 37.9 cm³/mol. The number of aliphatic hydroxyl groups excluding tert-OH is 1. The molecule has 58 valence electrons. The van der Waals surface area contributed by atoms with Crippen molar-refractivity contribution in [2.75, 3.05) is 0 Å². The van der Waals surface area contributed by atoms with Crippen LogP contribution in [0.5, 0.6) is 0 Å². The van der Waals surface area contributed by atoms with Crippen LogP contribution in [0.1, 0.15) is 26.7 Å². The maximum Gasteiger partial charge on any atom is 0.370 e. The second-order valence-electron chi connectivity index (χ2n) is 2.18. The normalized spacial score (nSPS) is 12.6. The van der Waals surface area contributed by atoms with Gasteiger partial charge in [-0.2, -0.15) is 0 Å². The topological polar surface area (TPSA) is 57.5 Å². The van der Waals surface area contributed by atoms with Crippen LogP contribution in [-0.2, 0) is 4.79 Å². The molecule has 0 unspecified atom stereocenters. The third-order valence-corrected chi connectivity index (χ3v) is 1.23. The standard InChI is InChI=1S/C7H12O3/c1-3-4-5(2)6(8)7(9)10/h8H,3-4H2,1-2H3,(H,9,10). The molecule has 0 fully saturated rings. The van der Waals surface area contributed by atoms with Crippen LogP contribution in [0.2, 0.25) is 0 Å². The lowest BCUT2D eigenvalue weighted by molar-refractivity contribution is -0.135. The number of rotatable bonds is 3. The van der Waals surface area contributed by atoms with Gasteiger partial charge in [0.05, 0.1) is 0 Å². The molecular formula is C7H12O3. The summed E-state index contributed by atoms with van der Waals surface area (Å²) in [6.07, 6.45) is 1.49. The Morgan fingerprint density at radius 3 is 2.20 bits per heavy atom. The van der Waals surface area contributed by atoms with Crippen molar-refractivity contribution in [2.45, 2.75) is 26.7 Å². The van der Waals surface area contributed by atoms with E-state index in [1.54, 1.807) is 6.92 Å². The molecule has 0 aromatic carbocycles. The van der Waals surface area contributed by atoms with Crippen molar-refractivity contribution in [1.29, 1.82) is 0 Å². The zero-order valence-electron chi connectivity index (χ0n) is 6.22. The zero-order valence-corrected chi connectivity index (χ0v) is 6.22. The first-order valence-electron chi connectivity index (χ1n) is 3.21. The van der Waals surface area contributed by atoms with Crippen LogP contribution in [0.15, 0.2) is 11.3 Å². The van der Waals surface area contributed by atoms with Crippen molar-refractivity contribution in [2.24, 2.45) is 0 Å². The fourth-order valence-corrected chi connectivity index (χ4v) is 0.676. The third-order valence-electron chi connectivity index (χ3n) is 1.23. The first-order valence-corrected chi connectivity index (χ1v) is 3.21. The molecule has 0 bridgehead atoms. The summed E-state index contributed by atoms with van der Waals surface area (Å²) in [5, 5.41) is 17.1. The van der Waals surface area contributed by atoms with Gasteiger partial charge in [0, 0.05) is 0 Å². The molecule has 0 amide bonds. The second-order valence-corrected chi connectivity index (χ2v) is 2.18. The molecule has 2 N–H and O–H groups in total. The Hall–Kier alpha value is -0.990. The maximum atomic E-state index is 10.1. The average molecular weight is 144 g/mol. The van der Waals surface area contributed by atoms with Gasteiger partial charge in [-0.15, -0.1) is 0 Å². The molecule has 3 heteroatoms. The number of allylic oxidation sites excluding steroid dienone is 1. The number of carbonyl (C=O) groups is 1. The minimum atomic E-state index is -1.24. The molecule has 0 rings (SSSR count). The fourth-order valence-electron chi connectivity index (χ4n) is 0.676. The minimum absolute atomic E-state index is 0.512. The highest BCUT2D eigenvalue weighted by molar-refractivity contribution is 5.84. The van der Waals surface area contributed by atoms with E-state index < -0.39 is 11.7 Å². The smallest absolute Gasteiger partial charge is 0.370 e. The maximum absolute atomic E-state index is 10.1. The summed E-state index contributed by atoms with van der Waals surface area (Å²) < 4.78 is 0. The van der Waals surface area contributed by atoms with Crippen LogP contribution in [0.4, 0.5) is 0 Å². The number of hydrogen-bond donors (Lipinski definition) is 2. The van der Waals surface area contributed by atoms with Gasteiger partial charge in [0.2, 0.25) is 5.76 Å². The summed E-state index contributed by atoms with van der Waals surface area (Å²) in [7, 11) is 0. The Kier molecular flexibility index (Phi) is 3.54. The van der Waals surface area contributed by atoms with Gasteiger partial charge < -0.3 is 10.2 Å². The van der Waals surface area contributed by atoms with Crippen LogP contribution >= 0.6 is 0 Å². The van der Waals surface area contributed by atoms with E-state index in [4.69, 9.17) is 10.2 Å². The molecule has 0 atom stereocenters. The van der Waals surface area contributed by atoms with E-state index in [2.05, 4.69) is 0 Å². The molecule has 0 heterocycles. The quantitative estimate of drug-likeness (QED) is 0.468. The number of aliphatic hydroxyl groups is 1. The van der Waals surface area contributed by atoms with Crippen LogP contribution in [-0.4, -0.2) is 16.2 Å². The predicted octanol–water partition coefficient (Wildman–Crippen LogP) is 1.70. The number of carboxylic acids is 1. The van der Waals surface area contributed by atoms with Crippen molar-refractivity contribution >= 4 is 5.97 Å². The van der Waals surface area contributed by atoms with Crippen LogP contribution in [0, 0.1) is 0 Å². The summed E-state index contributed by atoms with van der Waals surface area (Å²) in [6.45, 7) is 3.55. The largest absolute Gasteiger partial charge is 0.502 e.